The average Bonchev–Trinajstić information content (AvgIpc) is 2.70. The van der Waals surface area contributed by atoms with Gasteiger partial charge in [0.05, 0.1) is 12.6 Å². The number of nitrogens with zero attached hydrogens (tertiary/aromatic N) is 1. The Morgan fingerprint density at radius 1 is 1.00 bits per heavy atom. The first-order valence-corrected chi connectivity index (χ1v) is 9.93. The third-order valence-corrected chi connectivity index (χ3v) is 4.92. The summed E-state index contributed by atoms with van der Waals surface area (Å²) in [7, 11) is 0. The van der Waals surface area contributed by atoms with E-state index in [9.17, 15) is 9.59 Å². The van der Waals surface area contributed by atoms with Crippen LogP contribution in [0, 0.1) is 0 Å². The highest BCUT2D eigenvalue weighted by Gasteiger charge is 2.18. The van der Waals surface area contributed by atoms with Gasteiger partial charge in [-0.25, -0.2) is 0 Å². The second-order valence-electron chi connectivity index (χ2n) is 6.14. The predicted molar refractivity (Wildman–Crippen MR) is 112 cm³/mol. The van der Waals surface area contributed by atoms with Gasteiger partial charge in [-0.1, -0.05) is 66.2 Å². The van der Waals surface area contributed by atoms with Crippen molar-refractivity contribution >= 4 is 27.7 Å². The zero-order valence-electron chi connectivity index (χ0n) is 15.7. The van der Waals surface area contributed by atoms with Crippen LogP contribution in [-0.2, 0) is 4.79 Å². The molecule has 1 atom stereocenters. The summed E-state index contributed by atoms with van der Waals surface area (Å²) in [5.41, 5.74) is 1.68. The van der Waals surface area contributed by atoms with Crippen LogP contribution in [0.25, 0.3) is 0 Å². The van der Waals surface area contributed by atoms with Crippen molar-refractivity contribution in [3.8, 4) is 0 Å². The van der Waals surface area contributed by atoms with Crippen LogP contribution in [0.2, 0.25) is 0 Å². The predicted octanol–water partition coefficient (Wildman–Crippen LogP) is 3.38. The number of nitrogens with one attached hydrogen (secondary N) is 2. The molecular formula is C21H26BrN3O2. The van der Waals surface area contributed by atoms with E-state index in [0.717, 1.165) is 17.6 Å². The van der Waals surface area contributed by atoms with E-state index in [0.29, 0.717) is 12.1 Å². The molecule has 0 aliphatic carbocycles. The first kappa shape index (κ1) is 21.1. The summed E-state index contributed by atoms with van der Waals surface area (Å²) >= 11 is 3.34. The molecule has 0 radical (unpaired) electrons. The molecule has 0 aliphatic heterocycles. The van der Waals surface area contributed by atoms with Gasteiger partial charge in [0.25, 0.3) is 5.91 Å². The van der Waals surface area contributed by atoms with Crippen molar-refractivity contribution in [1.82, 2.24) is 15.5 Å². The van der Waals surface area contributed by atoms with Crippen LogP contribution in [0.1, 0.15) is 35.8 Å². The lowest BCUT2D eigenvalue weighted by atomic mass is 10.1. The number of amides is 2. The minimum Gasteiger partial charge on any atom is -0.353 e. The normalized spacial score (nSPS) is 11.9. The number of carbonyl (C=O) groups is 2. The molecular weight excluding hydrogens is 406 g/mol. The number of rotatable bonds is 9. The van der Waals surface area contributed by atoms with Gasteiger partial charge in [0, 0.05) is 16.6 Å². The van der Waals surface area contributed by atoms with Crippen molar-refractivity contribution in [2.45, 2.75) is 19.9 Å². The quantitative estimate of drug-likeness (QED) is 0.639. The zero-order chi connectivity index (χ0) is 19.6. The van der Waals surface area contributed by atoms with E-state index in [2.05, 4.69) is 57.4 Å². The molecule has 1 unspecified atom stereocenters. The first-order chi connectivity index (χ1) is 13.0. The molecule has 2 aromatic carbocycles. The van der Waals surface area contributed by atoms with Crippen LogP contribution in [-0.4, -0.2) is 42.9 Å². The van der Waals surface area contributed by atoms with Gasteiger partial charge in [0.1, 0.15) is 0 Å². The summed E-state index contributed by atoms with van der Waals surface area (Å²) in [4.78, 5) is 26.7. The fraction of sp³-hybridized carbons (Fsp3) is 0.333. The standard InChI is InChI=1S/C21H26BrN3O2/c1-3-25(4-2)19(16-9-6-5-7-10-16)14-23-20(26)15-24-21(27)17-11-8-12-18(22)13-17/h5-13,19H,3-4,14-15H2,1-2H3,(H,23,26)(H,24,27). The molecule has 27 heavy (non-hydrogen) atoms. The van der Waals surface area contributed by atoms with Gasteiger partial charge in [-0.2, -0.15) is 0 Å². The van der Waals surface area contributed by atoms with Crippen LogP contribution in [0.15, 0.2) is 59.1 Å². The van der Waals surface area contributed by atoms with E-state index in [1.54, 1.807) is 18.2 Å². The molecule has 0 aromatic heterocycles. The summed E-state index contributed by atoms with van der Waals surface area (Å²) in [5.74, 6) is -0.471. The van der Waals surface area contributed by atoms with Gasteiger partial charge >= 0.3 is 0 Å². The average molecular weight is 432 g/mol. The van der Waals surface area contributed by atoms with Gasteiger partial charge in [-0.15, -0.1) is 0 Å². The van der Waals surface area contributed by atoms with Gasteiger partial charge in [-0.05, 0) is 36.9 Å². The van der Waals surface area contributed by atoms with E-state index in [-0.39, 0.29) is 24.4 Å². The Bertz CT molecular complexity index is 748. The molecule has 2 rings (SSSR count). The third kappa shape index (κ3) is 6.48. The Kier molecular flexibility index (Phi) is 8.48. The van der Waals surface area contributed by atoms with Crippen molar-refractivity contribution in [3.05, 3.63) is 70.2 Å². The lowest BCUT2D eigenvalue weighted by Crippen LogP contribution is -2.42. The SMILES string of the molecule is CCN(CC)C(CNC(=O)CNC(=O)c1cccc(Br)c1)c1ccccc1. The maximum atomic E-state index is 12.2. The van der Waals surface area contributed by atoms with E-state index >= 15 is 0 Å². The molecule has 0 spiro atoms. The Hall–Kier alpha value is -2.18. The summed E-state index contributed by atoms with van der Waals surface area (Å²) in [5, 5.41) is 5.61. The molecule has 6 heteroatoms. The zero-order valence-corrected chi connectivity index (χ0v) is 17.3. The molecule has 2 N–H and O–H groups in total. The maximum absolute atomic E-state index is 12.2. The molecule has 0 saturated carbocycles. The maximum Gasteiger partial charge on any atom is 0.251 e. The van der Waals surface area contributed by atoms with Crippen LogP contribution < -0.4 is 10.6 Å². The van der Waals surface area contributed by atoms with E-state index in [1.165, 1.54) is 5.56 Å². The second kappa shape index (κ2) is 10.8. The summed E-state index contributed by atoms with van der Waals surface area (Å²) in [6.07, 6.45) is 0. The van der Waals surface area contributed by atoms with Crippen molar-refractivity contribution in [2.24, 2.45) is 0 Å². The Morgan fingerprint density at radius 2 is 1.70 bits per heavy atom. The number of hydrogen-bond donors (Lipinski definition) is 2. The van der Waals surface area contributed by atoms with Crippen LogP contribution in [0.4, 0.5) is 0 Å². The lowest BCUT2D eigenvalue weighted by Gasteiger charge is -2.30. The lowest BCUT2D eigenvalue weighted by molar-refractivity contribution is -0.120. The van der Waals surface area contributed by atoms with Crippen LogP contribution in [0.3, 0.4) is 0 Å². The van der Waals surface area contributed by atoms with E-state index in [1.807, 2.05) is 24.3 Å². The topological polar surface area (TPSA) is 61.4 Å². The minimum absolute atomic E-state index is 0.0505. The number of likely N-dealkylation sites (N-methyl/N-ethyl adjacent to an activating group) is 1. The van der Waals surface area contributed by atoms with Gasteiger partial charge in [-0.3, -0.25) is 14.5 Å². The molecule has 0 fully saturated rings. The fourth-order valence-corrected chi connectivity index (χ4v) is 3.36. The minimum atomic E-state index is -0.269. The highest BCUT2D eigenvalue weighted by molar-refractivity contribution is 9.10. The highest BCUT2D eigenvalue weighted by Crippen LogP contribution is 2.19. The van der Waals surface area contributed by atoms with E-state index < -0.39 is 0 Å². The second-order valence-corrected chi connectivity index (χ2v) is 7.06. The van der Waals surface area contributed by atoms with Crippen LogP contribution in [0.5, 0.6) is 0 Å². The summed E-state index contributed by atoms with van der Waals surface area (Å²) in [6.45, 7) is 6.46. The smallest absolute Gasteiger partial charge is 0.251 e. The molecule has 2 amide bonds. The van der Waals surface area contributed by atoms with Crippen molar-refractivity contribution in [3.63, 3.8) is 0 Å². The van der Waals surface area contributed by atoms with Crippen molar-refractivity contribution < 1.29 is 9.59 Å². The Labute approximate surface area is 169 Å². The van der Waals surface area contributed by atoms with E-state index in [4.69, 9.17) is 0 Å². The summed E-state index contributed by atoms with van der Waals surface area (Å²) in [6, 6.07) is 17.3. The summed E-state index contributed by atoms with van der Waals surface area (Å²) < 4.78 is 0.824. The highest BCUT2D eigenvalue weighted by atomic mass is 79.9. The molecule has 144 valence electrons. The Balaban J connectivity index is 1.90. The largest absolute Gasteiger partial charge is 0.353 e. The number of carbonyl (C=O) groups excluding carboxylic acids is 2. The molecule has 2 aromatic rings. The van der Waals surface area contributed by atoms with Gasteiger partial charge in [0.15, 0.2) is 0 Å². The van der Waals surface area contributed by atoms with Crippen molar-refractivity contribution in [1.29, 1.82) is 0 Å². The molecule has 0 aliphatic rings. The van der Waals surface area contributed by atoms with Crippen molar-refractivity contribution in [2.75, 3.05) is 26.2 Å². The van der Waals surface area contributed by atoms with Crippen LogP contribution >= 0.6 is 15.9 Å². The molecule has 5 nitrogen and oxygen atoms in total. The Morgan fingerprint density at radius 3 is 2.33 bits per heavy atom. The fourth-order valence-electron chi connectivity index (χ4n) is 2.96. The molecule has 0 saturated heterocycles. The molecule has 0 heterocycles. The number of hydrogen-bond acceptors (Lipinski definition) is 3. The molecule has 0 bridgehead atoms. The first-order valence-electron chi connectivity index (χ1n) is 9.14. The monoisotopic (exact) mass is 431 g/mol. The number of halogens is 1. The van der Waals surface area contributed by atoms with Gasteiger partial charge < -0.3 is 10.6 Å². The third-order valence-electron chi connectivity index (χ3n) is 4.43. The number of benzene rings is 2. The van der Waals surface area contributed by atoms with Gasteiger partial charge in [0.2, 0.25) is 5.91 Å².